The van der Waals surface area contributed by atoms with Gasteiger partial charge in [-0.3, -0.25) is 4.52 Å². The van der Waals surface area contributed by atoms with E-state index in [1.54, 1.807) is 0 Å². The molecule has 1 aromatic rings. The number of hydrogen-bond donors (Lipinski definition) is 0. The number of rotatable bonds is 11. The zero-order chi connectivity index (χ0) is 14.7. The van der Waals surface area contributed by atoms with Crippen LogP contribution >= 0.6 is 7.60 Å². The summed E-state index contributed by atoms with van der Waals surface area (Å²) in [5, 5.41) is 0. The molecule has 0 aliphatic rings. The first-order valence-corrected chi connectivity index (χ1v) is 9.41. The zero-order valence-corrected chi connectivity index (χ0v) is 13.6. The molecule has 1 unspecified atom stereocenters. The third-order valence-corrected chi connectivity index (χ3v) is 4.99. The monoisotopic (exact) mass is 298 g/mol. The van der Waals surface area contributed by atoms with E-state index in [4.69, 9.17) is 9.05 Å². The van der Waals surface area contributed by atoms with Gasteiger partial charge in [-0.2, -0.15) is 0 Å². The van der Waals surface area contributed by atoms with Gasteiger partial charge in [-0.05, 0) is 25.0 Å². The summed E-state index contributed by atoms with van der Waals surface area (Å²) in [7, 11) is -3.01. The van der Waals surface area contributed by atoms with E-state index in [2.05, 4.69) is 13.8 Å². The Balaban J connectivity index is 2.50. The summed E-state index contributed by atoms with van der Waals surface area (Å²) >= 11 is 0. The number of para-hydroxylation sites is 1. The Morgan fingerprint density at radius 2 is 1.65 bits per heavy atom. The van der Waals surface area contributed by atoms with Gasteiger partial charge in [-0.15, -0.1) is 0 Å². The Kier molecular flexibility index (Phi) is 8.64. The van der Waals surface area contributed by atoms with Crippen LogP contribution in [-0.2, 0) is 9.09 Å². The lowest BCUT2D eigenvalue weighted by Crippen LogP contribution is -2.04. The fourth-order valence-corrected chi connectivity index (χ4v) is 3.69. The molecular formula is C16H27O3P. The van der Waals surface area contributed by atoms with Gasteiger partial charge in [0.15, 0.2) is 0 Å². The van der Waals surface area contributed by atoms with Crippen molar-refractivity contribution in [2.75, 3.05) is 12.8 Å². The van der Waals surface area contributed by atoms with Crippen molar-refractivity contribution < 1.29 is 13.6 Å². The molecule has 0 aliphatic heterocycles. The van der Waals surface area contributed by atoms with E-state index in [-0.39, 0.29) is 0 Å². The minimum atomic E-state index is -3.01. The number of hydrogen-bond acceptors (Lipinski definition) is 3. The molecule has 0 amide bonds. The van der Waals surface area contributed by atoms with Gasteiger partial charge < -0.3 is 4.52 Å². The molecule has 0 bridgehead atoms. The topological polar surface area (TPSA) is 35.5 Å². The van der Waals surface area contributed by atoms with Crippen LogP contribution in [0.5, 0.6) is 5.75 Å². The molecule has 0 saturated carbocycles. The molecule has 1 aromatic carbocycles. The Bertz CT molecular complexity index is 392. The molecule has 0 radical (unpaired) electrons. The van der Waals surface area contributed by atoms with E-state index in [9.17, 15) is 4.57 Å². The quantitative estimate of drug-likeness (QED) is 0.391. The molecule has 0 heterocycles. The van der Waals surface area contributed by atoms with Gasteiger partial charge in [0.05, 0.1) is 12.8 Å². The first-order valence-electron chi connectivity index (χ1n) is 7.68. The van der Waals surface area contributed by atoms with Crippen molar-refractivity contribution in [3.63, 3.8) is 0 Å². The molecule has 0 N–H and O–H groups in total. The lowest BCUT2D eigenvalue weighted by atomic mass is 10.2. The van der Waals surface area contributed by atoms with Gasteiger partial charge in [-0.25, -0.2) is 4.57 Å². The third-order valence-electron chi connectivity index (χ3n) is 3.06. The molecule has 114 valence electrons. The van der Waals surface area contributed by atoms with Crippen LogP contribution in [0.4, 0.5) is 0 Å². The maximum atomic E-state index is 12.7. The van der Waals surface area contributed by atoms with Gasteiger partial charge in [0.25, 0.3) is 0 Å². The highest BCUT2D eigenvalue weighted by Gasteiger charge is 2.25. The van der Waals surface area contributed by atoms with Crippen molar-refractivity contribution in [3.05, 3.63) is 30.3 Å². The average molecular weight is 298 g/mol. The van der Waals surface area contributed by atoms with Crippen LogP contribution in [0.3, 0.4) is 0 Å². The van der Waals surface area contributed by atoms with Gasteiger partial charge in [0, 0.05) is 0 Å². The number of benzene rings is 1. The summed E-state index contributed by atoms with van der Waals surface area (Å²) in [6.07, 6.45) is 6.79. The van der Waals surface area contributed by atoms with Crippen LogP contribution in [0.1, 0.15) is 52.4 Å². The van der Waals surface area contributed by atoms with Crippen molar-refractivity contribution in [3.8, 4) is 5.75 Å². The van der Waals surface area contributed by atoms with Gasteiger partial charge >= 0.3 is 7.60 Å². The fraction of sp³-hybridized carbons (Fsp3) is 0.625. The molecule has 20 heavy (non-hydrogen) atoms. The van der Waals surface area contributed by atoms with Gasteiger partial charge in [-0.1, -0.05) is 57.7 Å². The van der Waals surface area contributed by atoms with E-state index in [1.807, 2.05) is 30.3 Å². The second kappa shape index (κ2) is 10.0. The second-order valence-electron chi connectivity index (χ2n) is 4.99. The largest absolute Gasteiger partial charge is 0.424 e. The summed E-state index contributed by atoms with van der Waals surface area (Å²) in [5.41, 5.74) is 0. The van der Waals surface area contributed by atoms with Crippen LogP contribution in [0.2, 0.25) is 0 Å². The Morgan fingerprint density at radius 1 is 0.950 bits per heavy atom. The second-order valence-corrected chi connectivity index (χ2v) is 7.10. The van der Waals surface area contributed by atoms with E-state index in [1.165, 1.54) is 12.8 Å². The molecular weight excluding hydrogens is 271 g/mol. The molecule has 1 atom stereocenters. The van der Waals surface area contributed by atoms with E-state index >= 15 is 0 Å². The van der Waals surface area contributed by atoms with Gasteiger partial charge in [0.1, 0.15) is 5.75 Å². The predicted molar refractivity (Wildman–Crippen MR) is 84.5 cm³/mol. The summed E-state index contributed by atoms with van der Waals surface area (Å²) in [4.78, 5) is 0. The summed E-state index contributed by atoms with van der Waals surface area (Å²) in [5.74, 6) is 0.625. The van der Waals surface area contributed by atoms with Crippen LogP contribution in [-0.4, -0.2) is 12.8 Å². The Hall–Kier alpha value is -0.790. The summed E-state index contributed by atoms with van der Waals surface area (Å²) in [6, 6.07) is 9.30. The molecule has 0 aliphatic carbocycles. The van der Waals surface area contributed by atoms with Crippen molar-refractivity contribution >= 4 is 7.60 Å². The highest BCUT2D eigenvalue weighted by molar-refractivity contribution is 7.54. The normalized spacial score (nSPS) is 13.9. The first kappa shape index (κ1) is 17.3. The van der Waals surface area contributed by atoms with Crippen molar-refractivity contribution in [1.29, 1.82) is 0 Å². The third kappa shape index (κ3) is 7.12. The lowest BCUT2D eigenvalue weighted by Gasteiger charge is -2.19. The van der Waals surface area contributed by atoms with Crippen LogP contribution in [0.15, 0.2) is 30.3 Å². The van der Waals surface area contributed by atoms with Crippen molar-refractivity contribution in [2.45, 2.75) is 52.4 Å². The molecule has 1 rings (SSSR count). The smallest absolute Gasteiger partial charge is 0.379 e. The maximum Gasteiger partial charge on any atom is 0.379 e. The standard InChI is InChI=1S/C16H27O3P/c1-3-5-7-11-14-18-20(17,15-6-4-2)19-16-12-9-8-10-13-16/h8-10,12-13H,3-7,11,14-15H2,1-2H3. The van der Waals surface area contributed by atoms with Crippen molar-refractivity contribution in [1.82, 2.24) is 0 Å². The molecule has 0 spiro atoms. The molecule has 0 fully saturated rings. The minimum Gasteiger partial charge on any atom is -0.424 e. The highest BCUT2D eigenvalue weighted by Crippen LogP contribution is 2.49. The van der Waals surface area contributed by atoms with E-state index in [0.29, 0.717) is 18.5 Å². The molecule has 3 nitrogen and oxygen atoms in total. The number of unbranched alkanes of at least 4 members (excludes halogenated alkanes) is 4. The average Bonchev–Trinajstić information content (AvgIpc) is 2.46. The first-order chi connectivity index (χ1) is 9.70. The zero-order valence-electron chi connectivity index (χ0n) is 12.7. The summed E-state index contributed by atoms with van der Waals surface area (Å²) in [6.45, 7) is 4.77. The Labute approximate surface area is 123 Å². The fourth-order valence-electron chi connectivity index (χ4n) is 1.86. The maximum absolute atomic E-state index is 12.7. The molecule has 0 aromatic heterocycles. The summed E-state index contributed by atoms with van der Waals surface area (Å²) < 4.78 is 24.0. The van der Waals surface area contributed by atoms with Gasteiger partial charge in [0.2, 0.25) is 0 Å². The lowest BCUT2D eigenvalue weighted by molar-refractivity contribution is 0.257. The highest BCUT2D eigenvalue weighted by atomic mass is 31.2. The minimum absolute atomic E-state index is 0.492. The predicted octanol–water partition coefficient (Wildman–Crippen LogP) is 5.66. The van der Waals surface area contributed by atoms with Crippen molar-refractivity contribution in [2.24, 2.45) is 0 Å². The molecule has 0 saturated heterocycles. The molecule has 4 heteroatoms. The van der Waals surface area contributed by atoms with Crippen LogP contribution in [0.25, 0.3) is 0 Å². The van der Waals surface area contributed by atoms with E-state index < -0.39 is 7.60 Å². The Morgan fingerprint density at radius 3 is 2.30 bits per heavy atom. The SMILES string of the molecule is CCCCCCOP(=O)(CCCC)Oc1ccccc1. The van der Waals surface area contributed by atoms with Crippen LogP contribution < -0.4 is 4.52 Å². The van der Waals surface area contributed by atoms with Crippen LogP contribution in [0, 0.1) is 0 Å². The van der Waals surface area contributed by atoms with E-state index in [0.717, 1.165) is 25.7 Å².